The minimum Gasteiger partial charge on any atom is -0.507 e. The number of nitrogens with one attached hydrogen (secondary N) is 1. The monoisotopic (exact) mass is 341 g/mol. The van der Waals surface area contributed by atoms with Crippen LogP contribution < -0.4 is 0 Å². The van der Waals surface area contributed by atoms with Crippen molar-refractivity contribution in [2.24, 2.45) is 4.99 Å². The van der Waals surface area contributed by atoms with Crippen molar-refractivity contribution in [2.45, 2.75) is 0 Å². The van der Waals surface area contributed by atoms with E-state index in [9.17, 15) is 5.11 Å². The third-order valence-corrected chi connectivity index (χ3v) is 3.47. The van der Waals surface area contributed by atoms with Crippen LogP contribution in [0.25, 0.3) is 11.3 Å². The van der Waals surface area contributed by atoms with Crippen molar-refractivity contribution in [3.8, 4) is 17.0 Å². The summed E-state index contributed by atoms with van der Waals surface area (Å²) in [7, 11) is 0. The van der Waals surface area contributed by atoms with Crippen LogP contribution in [0.3, 0.4) is 0 Å². The number of benzene rings is 2. The molecule has 104 valence electrons. The van der Waals surface area contributed by atoms with Gasteiger partial charge in [-0.15, -0.1) is 0 Å². The third-order valence-electron chi connectivity index (χ3n) is 2.97. The lowest BCUT2D eigenvalue weighted by atomic mass is 10.2. The lowest BCUT2D eigenvalue weighted by molar-refractivity contribution is 0.474. The van der Waals surface area contributed by atoms with E-state index in [0.717, 1.165) is 15.7 Å². The molecule has 21 heavy (non-hydrogen) atoms. The fourth-order valence-electron chi connectivity index (χ4n) is 1.91. The molecule has 4 nitrogen and oxygen atoms in total. The predicted molar refractivity (Wildman–Crippen MR) is 87.1 cm³/mol. The Hall–Kier alpha value is -2.40. The van der Waals surface area contributed by atoms with Crippen molar-refractivity contribution in [3.05, 3.63) is 64.6 Å². The van der Waals surface area contributed by atoms with E-state index in [1.54, 1.807) is 24.4 Å². The Labute approximate surface area is 130 Å². The second-order valence-corrected chi connectivity index (χ2v) is 5.38. The molecule has 0 aliphatic rings. The van der Waals surface area contributed by atoms with Crippen LogP contribution in [0.4, 0.5) is 5.82 Å². The Morgan fingerprint density at radius 2 is 1.90 bits per heavy atom. The van der Waals surface area contributed by atoms with Gasteiger partial charge >= 0.3 is 0 Å². The van der Waals surface area contributed by atoms with Gasteiger partial charge in [0.2, 0.25) is 0 Å². The SMILES string of the molecule is Oc1ccc(Br)cc1C=Nc1cc(-c2ccccc2)[nH]n1. The van der Waals surface area contributed by atoms with Crippen LogP contribution in [-0.4, -0.2) is 21.5 Å². The van der Waals surface area contributed by atoms with Crippen LogP contribution in [0.2, 0.25) is 0 Å². The van der Waals surface area contributed by atoms with Gasteiger partial charge in [0, 0.05) is 22.3 Å². The van der Waals surface area contributed by atoms with Gasteiger partial charge in [0.15, 0.2) is 5.82 Å². The summed E-state index contributed by atoms with van der Waals surface area (Å²) < 4.78 is 0.883. The summed E-state index contributed by atoms with van der Waals surface area (Å²) in [6, 6.07) is 17.0. The minimum atomic E-state index is 0.181. The number of halogens is 1. The van der Waals surface area contributed by atoms with Crippen LogP contribution in [0.15, 0.2) is 64.1 Å². The maximum absolute atomic E-state index is 9.76. The summed E-state index contributed by atoms with van der Waals surface area (Å²) in [4.78, 5) is 4.28. The van der Waals surface area contributed by atoms with Crippen LogP contribution in [-0.2, 0) is 0 Å². The van der Waals surface area contributed by atoms with Crippen LogP contribution in [0, 0.1) is 0 Å². The molecule has 0 aliphatic carbocycles. The number of phenolic OH excluding ortho intramolecular Hbond substituents is 1. The molecular formula is C16H12BrN3O. The second-order valence-electron chi connectivity index (χ2n) is 4.47. The molecule has 0 spiro atoms. The van der Waals surface area contributed by atoms with Gasteiger partial charge in [0.05, 0.1) is 5.69 Å². The van der Waals surface area contributed by atoms with Gasteiger partial charge in [0.1, 0.15) is 5.75 Å². The lowest BCUT2D eigenvalue weighted by Crippen LogP contribution is -1.82. The molecule has 0 bridgehead atoms. The fourth-order valence-corrected chi connectivity index (χ4v) is 2.29. The summed E-state index contributed by atoms with van der Waals surface area (Å²) in [5, 5.41) is 16.8. The highest BCUT2D eigenvalue weighted by molar-refractivity contribution is 9.10. The van der Waals surface area contributed by atoms with Gasteiger partial charge in [-0.1, -0.05) is 46.3 Å². The number of phenols is 1. The van der Waals surface area contributed by atoms with E-state index in [0.29, 0.717) is 11.4 Å². The molecule has 2 aromatic carbocycles. The fraction of sp³-hybridized carbons (Fsp3) is 0. The molecule has 2 N–H and O–H groups in total. The maximum atomic E-state index is 9.76. The Kier molecular flexibility index (Phi) is 3.83. The van der Waals surface area contributed by atoms with Crippen molar-refractivity contribution in [3.63, 3.8) is 0 Å². The average Bonchev–Trinajstić information content (AvgIpc) is 2.98. The number of H-pyrrole nitrogens is 1. The Morgan fingerprint density at radius 3 is 2.71 bits per heavy atom. The first-order valence-corrected chi connectivity index (χ1v) is 7.15. The molecule has 1 aromatic heterocycles. The van der Waals surface area contributed by atoms with E-state index < -0.39 is 0 Å². The van der Waals surface area contributed by atoms with Gasteiger partial charge in [-0.3, -0.25) is 5.10 Å². The molecule has 0 unspecified atom stereocenters. The van der Waals surface area contributed by atoms with E-state index >= 15 is 0 Å². The maximum Gasteiger partial charge on any atom is 0.174 e. The van der Waals surface area contributed by atoms with Crippen molar-refractivity contribution in [1.29, 1.82) is 0 Å². The highest BCUT2D eigenvalue weighted by atomic mass is 79.9. The predicted octanol–water partition coefficient (Wildman–Crippen LogP) is 4.30. The summed E-state index contributed by atoms with van der Waals surface area (Å²) in [5.41, 5.74) is 2.59. The molecule has 3 rings (SSSR count). The molecule has 0 atom stereocenters. The molecule has 0 aliphatic heterocycles. The van der Waals surface area contributed by atoms with Gasteiger partial charge in [-0.25, -0.2) is 4.99 Å². The molecule has 3 aromatic rings. The van der Waals surface area contributed by atoms with Crippen molar-refractivity contribution in [1.82, 2.24) is 10.2 Å². The normalized spacial score (nSPS) is 11.1. The minimum absolute atomic E-state index is 0.181. The number of hydrogen-bond donors (Lipinski definition) is 2. The zero-order chi connectivity index (χ0) is 14.7. The van der Waals surface area contributed by atoms with Crippen molar-refractivity contribution in [2.75, 3.05) is 0 Å². The van der Waals surface area contributed by atoms with E-state index in [4.69, 9.17) is 0 Å². The Bertz CT molecular complexity index is 781. The van der Waals surface area contributed by atoms with Gasteiger partial charge in [0.25, 0.3) is 0 Å². The number of aromatic hydroxyl groups is 1. The van der Waals surface area contributed by atoms with E-state index in [1.165, 1.54) is 0 Å². The zero-order valence-electron chi connectivity index (χ0n) is 11.0. The topological polar surface area (TPSA) is 61.3 Å². The molecule has 5 heteroatoms. The van der Waals surface area contributed by atoms with Crippen LogP contribution >= 0.6 is 15.9 Å². The quantitative estimate of drug-likeness (QED) is 0.698. The standard InChI is InChI=1S/C16H12BrN3O/c17-13-6-7-15(21)12(8-13)10-18-16-9-14(19-20-16)11-4-2-1-3-5-11/h1-10,21H,(H,19,20). The van der Waals surface area contributed by atoms with Crippen molar-refractivity contribution < 1.29 is 5.11 Å². The molecule has 1 heterocycles. The van der Waals surface area contributed by atoms with E-state index in [-0.39, 0.29) is 5.75 Å². The number of hydrogen-bond acceptors (Lipinski definition) is 3. The molecular weight excluding hydrogens is 330 g/mol. The molecule has 0 fully saturated rings. The number of aromatic nitrogens is 2. The first-order valence-electron chi connectivity index (χ1n) is 6.36. The zero-order valence-corrected chi connectivity index (χ0v) is 12.6. The summed E-state index contributed by atoms with van der Waals surface area (Å²) in [6.45, 7) is 0. The second kappa shape index (κ2) is 5.93. The van der Waals surface area contributed by atoms with Gasteiger partial charge in [-0.2, -0.15) is 5.10 Å². The number of nitrogens with zero attached hydrogens (tertiary/aromatic N) is 2. The molecule has 0 amide bonds. The highest BCUT2D eigenvalue weighted by Gasteiger charge is 2.03. The van der Waals surface area contributed by atoms with E-state index in [1.807, 2.05) is 36.4 Å². The number of aromatic amines is 1. The molecule has 0 saturated carbocycles. The first kappa shape index (κ1) is 13.6. The van der Waals surface area contributed by atoms with Crippen LogP contribution in [0.1, 0.15) is 5.56 Å². The Balaban J connectivity index is 1.84. The van der Waals surface area contributed by atoms with Crippen molar-refractivity contribution >= 4 is 28.0 Å². The first-order chi connectivity index (χ1) is 10.2. The number of rotatable bonds is 3. The molecule has 0 radical (unpaired) electrons. The third kappa shape index (κ3) is 3.20. The van der Waals surface area contributed by atoms with E-state index in [2.05, 4.69) is 31.1 Å². The smallest absolute Gasteiger partial charge is 0.174 e. The largest absolute Gasteiger partial charge is 0.507 e. The lowest BCUT2D eigenvalue weighted by Gasteiger charge is -1.98. The highest BCUT2D eigenvalue weighted by Crippen LogP contribution is 2.23. The summed E-state index contributed by atoms with van der Waals surface area (Å²) >= 11 is 3.36. The number of aliphatic imine (C=N–C) groups is 1. The van der Waals surface area contributed by atoms with Gasteiger partial charge < -0.3 is 5.11 Å². The van der Waals surface area contributed by atoms with Crippen LogP contribution in [0.5, 0.6) is 5.75 Å². The molecule has 0 saturated heterocycles. The average molecular weight is 342 g/mol. The summed E-state index contributed by atoms with van der Waals surface area (Å²) in [6.07, 6.45) is 1.59. The summed E-state index contributed by atoms with van der Waals surface area (Å²) in [5.74, 6) is 0.744. The Morgan fingerprint density at radius 1 is 1.10 bits per heavy atom. The van der Waals surface area contributed by atoms with Gasteiger partial charge in [-0.05, 0) is 23.8 Å².